The van der Waals surface area contributed by atoms with Crippen LogP contribution in [-0.2, 0) is 21.9 Å². The Labute approximate surface area is 178 Å². The summed E-state index contributed by atoms with van der Waals surface area (Å²) in [6, 6.07) is 8.68. The first-order valence-electron chi connectivity index (χ1n) is 8.91. The average molecular weight is 458 g/mol. The van der Waals surface area contributed by atoms with Gasteiger partial charge in [-0.1, -0.05) is 36.4 Å². The monoisotopic (exact) mass is 458 g/mol. The Balaban J connectivity index is 2.41. The maximum atomic E-state index is 13.1. The van der Waals surface area contributed by atoms with Gasteiger partial charge in [0.25, 0.3) is 5.91 Å². The molecule has 170 valence electrons. The average Bonchev–Trinajstić information content (AvgIpc) is 2.71. The lowest BCUT2D eigenvalue weighted by atomic mass is 10.1. The van der Waals surface area contributed by atoms with Crippen LogP contribution in [0.5, 0.6) is 0 Å². The summed E-state index contributed by atoms with van der Waals surface area (Å²) in [5.41, 5.74) is 2.08. The van der Waals surface area contributed by atoms with Crippen LogP contribution < -0.4 is 5.73 Å². The number of halogens is 6. The summed E-state index contributed by atoms with van der Waals surface area (Å²) in [6.07, 6.45) is -8.96. The molecule has 2 amide bonds. The number of rotatable bonds is 7. The highest BCUT2D eigenvalue weighted by molar-refractivity contribution is 5.87. The van der Waals surface area contributed by atoms with Gasteiger partial charge in [-0.25, -0.2) is 0 Å². The third-order valence-electron chi connectivity index (χ3n) is 3.95. The maximum absolute atomic E-state index is 13.1. The lowest BCUT2D eigenvalue weighted by Crippen LogP contribution is -2.23. The van der Waals surface area contributed by atoms with Crippen molar-refractivity contribution in [2.75, 3.05) is 0 Å². The summed E-state index contributed by atoms with van der Waals surface area (Å²) >= 11 is 0. The van der Waals surface area contributed by atoms with Gasteiger partial charge in [0.05, 0.1) is 23.6 Å². The second-order valence-electron chi connectivity index (χ2n) is 6.31. The van der Waals surface area contributed by atoms with E-state index in [0.717, 1.165) is 36.4 Å². The first kappa shape index (κ1) is 24.6. The van der Waals surface area contributed by atoms with Gasteiger partial charge in [-0.3, -0.25) is 9.59 Å². The zero-order valence-corrected chi connectivity index (χ0v) is 16.2. The van der Waals surface area contributed by atoms with Gasteiger partial charge in [0.1, 0.15) is 0 Å². The summed E-state index contributed by atoms with van der Waals surface area (Å²) in [4.78, 5) is 23.2. The highest BCUT2D eigenvalue weighted by atomic mass is 19.4. The van der Waals surface area contributed by atoms with E-state index in [9.17, 15) is 35.9 Å². The summed E-state index contributed by atoms with van der Waals surface area (Å²) in [7, 11) is 0. The van der Waals surface area contributed by atoms with E-state index in [2.05, 4.69) is 10.2 Å². The van der Waals surface area contributed by atoms with E-state index in [0.29, 0.717) is 17.5 Å². The van der Waals surface area contributed by atoms with E-state index in [1.165, 1.54) is 12.1 Å². The van der Waals surface area contributed by atoms with Gasteiger partial charge >= 0.3 is 12.4 Å². The third-order valence-corrected chi connectivity index (χ3v) is 3.95. The van der Waals surface area contributed by atoms with Crippen LogP contribution in [0.2, 0.25) is 0 Å². The van der Waals surface area contributed by atoms with E-state index in [-0.39, 0.29) is 0 Å². The van der Waals surface area contributed by atoms with Crippen molar-refractivity contribution in [2.45, 2.75) is 25.2 Å². The molecule has 0 atom stereocenters. The number of nitrogens with two attached hydrogens (primary N) is 1. The maximum Gasteiger partial charge on any atom is 0.417 e. The molecule has 0 saturated heterocycles. The predicted octanol–water partition coefficient (Wildman–Crippen LogP) is 4.19. The number of amides is 2. The van der Waals surface area contributed by atoms with Gasteiger partial charge < -0.3 is 5.73 Å². The van der Waals surface area contributed by atoms with E-state index in [1.807, 2.05) is 0 Å². The Bertz CT molecular complexity index is 964. The molecule has 2 aromatic carbocycles. The summed E-state index contributed by atoms with van der Waals surface area (Å²) in [5.74, 6) is -1.80. The molecule has 0 aliphatic rings. The van der Waals surface area contributed by atoms with Crippen molar-refractivity contribution in [3.63, 3.8) is 0 Å². The normalized spacial score (nSPS) is 12.4. The van der Waals surface area contributed by atoms with E-state index in [4.69, 9.17) is 5.73 Å². The first-order valence-corrected chi connectivity index (χ1v) is 8.91. The smallest absolute Gasteiger partial charge is 0.370 e. The standard InChI is InChI=1S/C20H16F6N4O2/c21-19(22,23)15-7-3-1-5-13(15)11-28-30(18(32)10-9-17(27)31)29-12-14-6-2-4-8-16(14)20(24,25)26/h1-8,11-12H,9-10H2,(H2,27,31). The number of hydrazone groups is 2. The Morgan fingerprint density at radius 3 is 1.56 bits per heavy atom. The highest BCUT2D eigenvalue weighted by Crippen LogP contribution is 2.32. The number of primary amides is 1. The molecule has 0 aromatic heterocycles. The van der Waals surface area contributed by atoms with E-state index >= 15 is 0 Å². The Morgan fingerprint density at radius 2 is 1.19 bits per heavy atom. The van der Waals surface area contributed by atoms with Crippen molar-refractivity contribution >= 4 is 24.2 Å². The van der Waals surface area contributed by atoms with Gasteiger partial charge in [0.2, 0.25) is 5.91 Å². The molecular formula is C20H16F6N4O2. The lowest BCUT2D eigenvalue weighted by molar-refractivity contribution is -0.138. The van der Waals surface area contributed by atoms with Gasteiger partial charge in [0.15, 0.2) is 0 Å². The number of carbonyl (C=O) groups excluding carboxylic acids is 2. The van der Waals surface area contributed by atoms with Crippen LogP contribution in [0.15, 0.2) is 58.7 Å². The summed E-state index contributed by atoms with van der Waals surface area (Å²) in [6.45, 7) is 0. The third kappa shape index (κ3) is 6.93. The van der Waals surface area contributed by atoms with Crippen molar-refractivity contribution < 1.29 is 35.9 Å². The van der Waals surface area contributed by atoms with Gasteiger partial charge in [-0.2, -0.15) is 36.5 Å². The molecule has 0 aliphatic carbocycles. The van der Waals surface area contributed by atoms with Crippen molar-refractivity contribution in [3.05, 3.63) is 70.8 Å². The van der Waals surface area contributed by atoms with Crippen LogP contribution in [0, 0.1) is 0 Å². The predicted molar refractivity (Wildman–Crippen MR) is 103 cm³/mol. The molecule has 12 heteroatoms. The van der Waals surface area contributed by atoms with Crippen molar-refractivity contribution in [1.82, 2.24) is 5.12 Å². The highest BCUT2D eigenvalue weighted by Gasteiger charge is 2.33. The van der Waals surface area contributed by atoms with Crippen LogP contribution in [0.4, 0.5) is 26.3 Å². The molecule has 2 aromatic rings. The van der Waals surface area contributed by atoms with Crippen LogP contribution in [0.3, 0.4) is 0 Å². The van der Waals surface area contributed by atoms with Gasteiger partial charge in [-0.15, -0.1) is 5.12 Å². The SMILES string of the molecule is NC(=O)CCC(=O)N(N=Cc1ccccc1C(F)(F)F)N=Cc1ccccc1C(F)(F)F. The van der Waals surface area contributed by atoms with Gasteiger partial charge in [-0.05, 0) is 12.1 Å². The molecule has 6 nitrogen and oxygen atoms in total. The molecule has 0 unspecified atom stereocenters. The molecule has 32 heavy (non-hydrogen) atoms. The number of hydrogen-bond acceptors (Lipinski definition) is 4. The minimum atomic E-state index is -4.71. The molecule has 2 N–H and O–H groups in total. The van der Waals surface area contributed by atoms with Gasteiger partial charge in [0, 0.05) is 24.0 Å². The van der Waals surface area contributed by atoms with Crippen molar-refractivity contribution in [1.29, 1.82) is 0 Å². The largest absolute Gasteiger partial charge is 0.417 e. The fraction of sp³-hybridized carbons (Fsp3) is 0.200. The lowest BCUT2D eigenvalue weighted by Gasteiger charge is -2.13. The number of carbonyl (C=O) groups is 2. The molecule has 2 rings (SSSR count). The van der Waals surface area contributed by atoms with Crippen molar-refractivity contribution in [3.8, 4) is 0 Å². The van der Waals surface area contributed by atoms with Crippen LogP contribution in [0.1, 0.15) is 35.1 Å². The minimum Gasteiger partial charge on any atom is -0.370 e. The number of hydrogen-bond donors (Lipinski definition) is 1. The Hall–Kier alpha value is -3.70. The molecule has 0 fully saturated rings. The fourth-order valence-electron chi connectivity index (χ4n) is 2.46. The second-order valence-corrected chi connectivity index (χ2v) is 6.31. The Kier molecular flexibility index (Phi) is 7.73. The van der Waals surface area contributed by atoms with E-state index in [1.54, 1.807) is 0 Å². The number of nitrogens with zero attached hydrogens (tertiary/aromatic N) is 3. The summed E-state index contributed by atoms with van der Waals surface area (Å²) in [5, 5.41) is 7.47. The summed E-state index contributed by atoms with van der Waals surface area (Å²) < 4.78 is 78.8. The Morgan fingerprint density at radius 1 is 0.781 bits per heavy atom. The molecule has 0 radical (unpaired) electrons. The van der Waals surface area contributed by atoms with Crippen molar-refractivity contribution in [2.24, 2.45) is 15.9 Å². The zero-order valence-electron chi connectivity index (χ0n) is 16.2. The minimum absolute atomic E-state index is 0.309. The molecular weight excluding hydrogens is 442 g/mol. The van der Waals surface area contributed by atoms with Crippen LogP contribution in [0.25, 0.3) is 0 Å². The molecule has 0 bridgehead atoms. The van der Waals surface area contributed by atoms with Crippen LogP contribution >= 0.6 is 0 Å². The molecule has 0 heterocycles. The topological polar surface area (TPSA) is 88.1 Å². The first-order chi connectivity index (χ1) is 14.9. The van der Waals surface area contributed by atoms with Crippen LogP contribution in [-0.4, -0.2) is 29.4 Å². The van der Waals surface area contributed by atoms with E-state index < -0.39 is 59.3 Å². The fourth-order valence-corrected chi connectivity index (χ4v) is 2.46. The second kappa shape index (κ2) is 10.1. The number of alkyl halides is 6. The molecule has 0 spiro atoms. The number of benzene rings is 2. The zero-order chi connectivity index (χ0) is 23.9. The molecule has 0 saturated carbocycles. The quantitative estimate of drug-likeness (QED) is 0.383. The molecule has 0 aliphatic heterocycles.